The number of halogens is 3. The van der Waals surface area contributed by atoms with E-state index in [2.05, 4.69) is 5.32 Å². The van der Waals surface area contributed by atoms with Gasteiger partial charge in [-0.2, -0.15) is 13.2 Å². The van der Waals surface area contributed by atoms with E-state index in [0.29, 0.717) is 13.2 Å². The fraction of sp³-hybridized carbons (Fsp3) is 0.538. The van der Waals surface area contributed by atoms with Crippen LogP contribution in [0.15, 0.2) is 24.3 Å². The van der Waals surface area contributed by atoms with Gasteiger partial charge in [0.05, 0.1) is 12.2 Å². The third kappa shape index (κ3) is 2.84. The van der Waals surface area contributed by atoms with Gasteiger partial charge in [-0.15, -0.1) is 0 Å². The molecule has 0 bridgehead atoms. The first kappa shape index (κ1) is 13.4. The third-order valence-electron chi connectivity index (χ3n) is 2.96. The Hall–Kier alpha value is -1.07. The first-order chi connectivity index (χ1) is 8.30. The van der Waals surface area contributed by atoms with Gasteiger partial charge in [0.2, 0.25) is 0 Å². The Morgan fingerprint density at radius 1 is 1.28 bits per heavy atom. The molecule has 100 valence electrons. The van der Waals surface area contributed by atoms with E-state index in [1.54, 1.807) is 6.07 Å². The molecule has 0 saturated carbocycles. The zero-order valence-electron chi connectivity index (χ0n) is 10.3. The SMILES string of the molecule is CC1(C)CNC(c2ccccc2C(F)(F)F)OC1. The Morgan fingerprint density at radius 3 is 2.50 bits per heavy atom. The van der Waals surface area contributed by atoms with Gasteiger partial charge < -0.3 is 4.74 Å². The van der Waals surface area contributed by atoms with Gasteiger partial charge in [-0.3, -0.25) is 5.32 Å². The highest BCUT2D eigenvalue weighted by Crippen LogP contribution is 2.36. The number of alkyl halides is 3. The van der Waals surface area contributed by atoms with Crippen LogP contribution in [0.2, 0.25) is 0 Å². The highest BCUT2D eigenvalue weighted by atomic mass is 19.4. The van der Waals surface area contributed by atoms with Gasteiger partial charge in [0, 0.05) is 17.5 Å². The van der Waals surface area contributed by atoms with Crippen molar-refractivity contribution in [3.8, 4) is 0 Å². The molecular weight excluding hydrogens is 243 g/mol. The lowest BCUT2D eigenvalue weighted by Crippen LogP contribution is -2.43. The van der Waals surface area contributed by atoms with Gasteiger partial charge in [0.15, 0.2) is 0 Å². The number of hydrogen-bond acceptors (Lipinski definition) is 2. The van der Waals surface area contributed by atoms with Crippen molar-refractivity contribution >= 4 is 0 Å². The monoisotopic (exact) mass is 259 g/mol. The van der Waals surface area contributed by atoms with Crippen molar-refractivity contribution in [2.24, 2.45) is 5.41 Å². The van der Waals surface area contributed by atoms with Crippen molar-refractivity contribution in [1.29, 1.82) is 0 Å². The van der Waals surface area contributed by atoms with Crippen molar-refractivity contribution in [3.63, 3.8) is 0 Å². The van der Waals surface area contributed by atoms with Crippen LogP contribution in [0.1, 0.15) is 31.2 Å². The quantitative estimate of drug-likeness (QED) is 0.835. The molecular formula is C13H16F3NO. The highest BCUT2D eigenvalue weighted by Gasteiger charge is 2.37. The van der Waals surface area contributed by atoms with Gasteiger partial charge in [0.1, 0.15) is 6.23 Å². The van der Waals surface area contributed by atoms with E-state index in [-0.39, 0.29) is 11.0 Å². The van der Waals surface area contributed by atoms with E-state index < -0.39 is 18.0 Å². The lowest BCUT2D eigenvalue weighted by atomic mass is 9.92. The summed E-state index contributed by atoms with van der Waals surface area (Å²) in [4.78, 5) is 0. The summed E-state index contributed by atoms with van der Waals surface area (Å²) in [7, 11) is 0. The summed E-state index contributed by atoms with van der Waals surface area (Å²) >= 11 is 0. The maximum Gasteiger partial charge on any atom is 0.416 e. The van der Waals surface area contributed by atoms with Crippen LogP contribution in [-0.4, -0.2) is 13.2 Å². The predicted molar refractivity (Wildman–Crippen MR) is 61.9 cm³/mol. The van der Waals surface area contributed by atoms with Crippen LogP contribution in [-0.2, 0) is 10.9 Å². The summed E-state index contributed by atoms with van der Waals surface area (Å²) in [5, 5.41) is 3.02. The summed E-state index contributed by atoms with van der Waals surface area (Å²) in [6.07, 6.45) is -5.04. The van der Waals surface area contributed by atoms with E-state index in [1.165, 1.54) is 12.1 Å². The van der Waals surface area contributed by atoms with Gasteiger partial charge >= 0.3 is 6.18 Å². The molecule has 1 fully saturated rings. The zero-order valence-corrected chi connectivity index (χ0v) is 10.3. The molecule has 1 aliphatic rings. The Morgan fingerprint density at radius 2 is 1.94 bits per heavy atom. The molecule has 1 unspecified atom stereocenters. The third-order valence-corrected chi connectivity index (χ3v) is 2.96. The average molecular weight is 259 g/mol. The number of nitrogens with one attached hydrogen (secondary N) is 1. The topological polar surface area (TPSA) is 21.3 Å². The molecule has 18 heavy (non-hydrogen) atoms. The molecule has 1 N–H and O–H groups in total. The second-order valence-electron chi connectivity index (χ2n) is 5.32. The standard InChI is InChI=1S/C13H16F3NO/c1-12(2)7-17-11(18-8-12)9-5-3-4-6-10(9)13(14,15)16/h3-6,11,17H,7-8H2,1-2H3. The normalized spacial score (nSPS) is 23.9. The van der Waals surface area contributed by atoms with Crippen LogP contribution in [0.4, 0.5) is 13.2 Å². The Bertz CT molecular complexity index is 418. The van der Waals surface area contributed by atoms with Crippen LogP contribution >= 0.6 is 0 Å². The molecule has 2 nitrogen and oxygen atoms in total. The van der Waals surface area contributed by atoms with Crippen LogP contribution in [0.5, 0.6) is 0 Å². The molecule has 0 radical (unpaired) electrons. The van der Waals surface area contributed by atoms with Gasteiger partial charge in [-0.1, -0.05) is 32.0 Å². The first-order valence-corrected chi connectivity index (χ1v) is 5.81. The van der Waals surface area contributed by atoms with Crippen LogP contribution in [0.3, 0.4) is 0 Å². The average Bonchev–Trinajstić information content (AvgIpc) is 2.28. The number of benzene rings is 1. The molecule has 1 saturated heterocycles. The number of hydrogen-bond donors (Lipinski definition) is 1. The fourth-order valence-corrected chi connectivity index (χ4v) is 1.97. The molecule has 1 aliphatic heterocycles. The van der Waals surface area contributed by atoms with E-state index in [9.17, 15) is 13.2 Å². The maximum atomic E-state index is 12.9. The molecule has 5 heteroatoms. The molecule has 0 aliphatic carbocycles. The van der Waals surface area contributed by atoms with Gasteiger partial charge in [0.25, 0.3) is 0 Å². The van der Waals surface area contributed by atoms with Crippen molar-refractivity contribution in [2.75, 3.05) is 13.2 Å². The number of ether oxygens (including phenoxy) is 1. The molecule has 1 atom stereocenters. The van der Waals surface area contributed by atoms with Crippen molar-refractivity contribution < 1.29 is 17.9 Å². The Balaban J connectivity index is 2.25. The second kappa shape index (κ2) is 4.55. The van der Waals surface area contributed by atoms with Crippen LogP contribution < -0.4 is 5.32 Å². The lowest BCUT2D eigenvalue weighted by Gasteiger charge is -2.36. The summed E-state index contributed by atoms with van der Waals surface area (Å²) < 4.78 is 44.1. The Labute approximate surface area is 104 Å². The van der Waals surface area contributed by atoms with Gasteiger partial charge in [-0.05, 0) is 6.07 Å². The van der Waals surface area contributed by atoms with E-state index in [0.717, 1.165) is 6.07 Å². The zero-order chi connectivity index (χ0) is 13.4. The Kier molecular flexibility index (Phi) is 3.38. The number of rotatable bonds is 1. The molecule has 1 aromatic rings. The molecule has 0 spiro atoms. The predicted octanol–water partition coefficient (Wildman–Crippen LogP) is 3.35. The van der Waals surface area contributed by atoms with Gasteiger partial charge in [-0.25, -0.2) is 0 Å². The second-order valence-corrected chi connectivity index (χ2v) is 5.32. The molecule has 0 amide bonds. The molecule has 1 aromatic carbocycles. The van der Waals surface area contributed by atoms with Crippen molar-refractivity contribution in [2.45, 2.75) is 26.3 Å². The van der Waals surface area contributed by atoms with E-state index >= 15 is 0 Å². The molecule has 1 heterocycles. The summed E-state index contributed by atoms with van der Waals surface area (Å²) in [5.74, 6) is 0. The smallest absolute Gasteiger partial charge is 0.358 e. The fourth-order valence-electron chi connectivity index (χ4n) is 1.97. The maximum absolute atomic E-state index is 12.9. The minimum atomic E-state index is -4.35. The molecule has 0 aromatic heterocycles. The van der Waals surface area contributed by atoms with Crippen molar-refractivity contribution in [3.05, 3.63) is 35.4 Å². The van der Waals surface area contributed by atoms with E-state index in [1.807, 2.05) is 13.8 Å². The minimum Gasteiger partial charge on any atom is -0.358 e. The first-order valence-electron chi connectivity index (χ1n) is 5.81. The largest absolute Gasteiger partial charge is 0.416 e. The van der Waals surface area contributed by atoms with E-state index in [4.69, 9.17) is 4.74 Å². The summed E-state index contributed by atoms with van der Waals surface area (Å²) in [6.45, 7) is 5.08. The van der Waals surface area contributed by atoms with Crippen LogP contribution in [0, 0.1) is 5.41 Å². The minimum absolute atomic E-state index is 0.0519. The van der Waals surface area contributed by atoms with Crippen molar-refractivity contribution in [1.82, 2.24) is 5.32 Å². The summed E-state index contributed by atoms with van der Waals surface area (Å²) in [6, 6.07) is 5.52. The molecule has 2 rings (SSSR count). The van der Waals surface area contributed by atoms with Crippen LogP contribution in [0.25, 0.3) is 0 Å². The summed E-state index contributed by atoms with van der Waals surface area (Å²) in [5.41, 5.74) is -0.536. The lowest BCUT2D eigenvalue weighted by molar-refractivity contribution is -0.141. The highest BCUT2D eigenvalue weighted by molar-refractivity contribution is 5.31.